The van der Waals surface area contributed by atoms with Crippen LogP contribution < -0.4 is 5.73 Å². The van der Waals surface area contributed by atoms with Gasteiger partial charge in [-0.3, -0.25) is 4.68 Å². The maximum atomic E-state index is 14.0. The van der Waals surface area contributed by atoms with Crippen LogP contribution in [0.25, 0.3) is 22.4 Å². The largest absolute Gasteiger partial charge is 0.383 e. The Bertz CT molecular complexity index is 748. The summed E-state index contributed by atoms with van der Waals surface area (Å²) in [4.78, 5) is 0. The van der Waals surface area contributed by atoms with Crippen molar-refractivity contribution >= 4 is 5.82 Å². The molecule has 1 heterocycles. The lowest BCUT2D eigenvalue weighted by Gasteiger charge is -2.05. The predicted molar refractivity (Wildman–Crippen MR) is 78.5 cm³/mol. The molecule has 0 saturated carbocycles. The van der Waals surface area contributed by atoms with Gasteiger partial charge < -0.3 is 5.73 Å². The minimum atomic E-state index is -0.303. The summed E-state index contributed by atoms with van der Waals surface area (Å²) in [7, 11) is 1.76. The highest BCUT2D eigenvalue weighted by atomic mass is 19.1. The third-order valence-corrected chi connectivity index (χ3v) is 3.28. The first-order valence-electron chi connectivity index (χ1n) is 6.31. The Morgan fingerprint density at radius 3 is 2.35 bits per heavy atom. The van der Waals surface area contributed by atoms with E-state index in [1.54, 1.807) is 29.9 Å². The van der Waals surface area contributed by atoms with E-state index in [1.807, 2.05) is 30.3 Å². The molecular weight excluding hydrogens is 253 g/mol. The lowest BCUT2D eigenvalue weighted by molar-refractivity contribution is 0.630. The van der Waals surface area contributed by atoms with E-state index in [9.17, 15) is 4.39 Å². The van der Waals surface area contributed by atoms with Gasteiger partial charge in [0.15, 0.2) is 0 Å². The summed E-state index contributed by atoms with van der Waals surface area (Å²) < 4.78 is 15.6. The Morgan fingerprint density at radius 1 is 1.00 bits per heavy atom. The van der Waals surface area contributed by atoms with Crippen LogP contribution in [-0.2, 0) is 7.05 Å². The van der Waals surface area contributed by atoms with E-state index in [0.29, 0.717) is 17.1 Å². The van der Waals surface area contributed by atoms with Crippen molar-refractivity contribution in [3.63, 3.8) is 0 Å². The van der Waals surface area contributed by atoms with Gasteiger partial charge in [-0.25, -0.2) is 4.39 Å². The summed E-state index contributed by atoms with van der Waals surface area (Å²) in [6.45, 7) is 0. The molecule has 0 aliphatic rings. The summed E-state index contributed by atoms with van der Waals surface area (Å²) in [5, 5.41) is 4.37. The number of aromatic nitrogens is 2. The molecule has 20 heavy (non-hydrogen) atoms. The van der Waals surface area contributed by atoms with Crippen LogP contribution in [0.4, 0.5) is 10.2 Å². The fourth-order valence-electron chi connectivity index (χ4n) is 2.27. The second-order valence-corrected chi connectivity index (χ2v) is 4.58. The van der Waals surface area contributed by atoms with E-state index in [4.69, 9.17) is 5.73 Å². The highest BCUT2D eigenvalue weighted by Crippen LogP contribution is 2.36. The molecule has 100 valence electrons. The van der Waals surface area contributed by atoms with Gasteiger partial charge in [-0.15, -0.1) is 0 Å². The average Bonchev–Trinajstić information content (AvgIpc) is 2.76. The molecule has 0 unspecified atom stereocenters. The molecule has 0 aliphatic carbocycles. The second kappa shape index (κ2) is 4.81. The van der Waals surface area contributed by atoms with Crippen LogP contribution in [-0.4, -0.2) is 9.78 Å². The lowest BCUT2D eigenvalue weighted by atomic mass is 10.0. The second-order valence-electron chi connectivity index (χ2n) is 4.58. The zero-order chi connectivity index (χ0) is 14.1. The van der Waals surface area contributed by atoms with Crippen LogP contribution in [0.3, 0.4) is 0 Å². The van der Waals surface area contributed by atoms with E-state index in [0.717, 1.165) is 11.1 Å². The maximum Gasteiger partial charge on any atom is 0.132 e. The van der Waals surface area contributed by atoms with Crippen molar-refractivity contribution in [2.45, 2.75) is 0 Å². The fourth-order valence-corrected chi connectivity index (χ4v) is 2.27. The smallest absolute Gasteiger partial charge is 0.132 e. The molecule has 0 bridgehead atoms. The van der Waals surface area contributed by atoms with Gasteiger partial charge in [0.25, 0.3) is 0 Å². The van der Waals surface area contributed by atoms with Gasteiger partial charge in [-0.2, -0.15) is 5.10 Å². The first-order chi connectivity index (χ1) is 9.68. The standard InChI is InChI=1S/C16H14FN3/c1-20-16(18)14(11-7-3-2-4-8-11)15(19-20)12-9-5-6-10-13(12)17/h2-10H,18H2,1H3. The molecule has 3 rings (SSSR count). The zero-order valence-electron chi connectivity index (χ0n) is 11.0. The first kappa shape index (κ1) is 12.4. The highest BCUT2D eigenvalue weighted by molar-refractivity contribution is 5.88. The number of benzene rings is 2. The number of rotatable bonds is 2. The Kier molecular flexibility index (Phi) is 2.99. The molecule has 3 aromatic rings. The van der Waals surface area contributed by atoms with Crippen LogP contribution in [0.2, 0.25) is 0 Å². The molecule has 3 nitrogen and oxygen atoms in total. The lowest BCUT2D eigenvalue weighted by Crippen LogP contribution is -1.97. The minimum absolute atomic E-state index is 0.303. The van der Waals surface area contributed by atoms with Crippen LogP contribution in [0.15, 0.2) is 54.6 Å². The van der Waals surface area contributed by atoms with E-state index < -0.39 is 0 Å². The maximum absolute atomic E-state index is 14.0. The molecule has 0 aliphatic heterocycles. The minimum Gasteiger partial charge on any atom is -0.383 e. The van der Waals surface area contributed by atoms with Gasteiger partial charge in [0.1, 0.15) is 17.3 Å². The number of nitrogens with two attached hydrogens (primary N) is 1. The molecule has 0 fully saturated rings. The van der Waals surface area contributed by atoms with Gasteiger partial charge in [0.2, 0.25) is 0 Å². The summed E-state index contributed by atoms with van der Waals surface area (Å²) in [5.41, 5.74) is 8.81. The molecule has 0 radical (unpaired) electrons. The number of aryl methyl sites for hydroxylation is 1. The number of hydrogen-bond acceptors (Lipinski definition) is 2. The van der Waals surface area contributed by atoms with E-state index in [2.05, 4.69) is 5.10 Å². The van der Waals surface area contributed by atoms with Crippen molar-refractivity contribution in [1.29, 1.82) is 0 Å². The number of anilines is 1. The number of halogens is 1. The van der Waals surface area contributed by atoms with Crippen LogP contribution in [0.1, 0.15) is 0 Å². The average molecular weight is 267 g/mol. The molecule has 4 heteroatoms. The van der Waals surface area contributed by atoms with Gasteiger partial charge in [-0.1, -0.05) is 42.5 Å². The Hall–Kier alpha value is -2.62. The third kappa shape index (κ3) is 1.95. The normalized spacial score (nSPS) is 10.7. The monoisotopic (exact) mass is 267 g/mol. The molecule has 2 aromatic carbocycles. The molecule has 0 atom stereocenters. The number of nitrogens with zero attached hydrogens (tertiary/aromatic N) is 2. The topological polar surface area (TPSA) is 43.8 Å². The highest BCUT2D eigenvalue weighted by Gasteiger charge is 2.19. The van der Waals surface area contributed by atoms with Gasteiger partial charge in [-0.05, 0) is 17.7 Å². The van der Waals surface area contributed by atoms with Crippen molar-refractivity contribution in [3.05, 3.63) is 60.4 Å². The summed E-state index contributed by atoms with van der Waals surface area (Å²) in [6.07, 6.45) is 0. The van der Waals surface area contributed by atoms with Crippen molar-refractivity contribution in [3.8, 4) is 22.4 Å². The molecule has 0 saturated heterocycles. The zero-order valence-corrected chi connectivity index (χ0v) is 11.0. The SMILES string of the molecule is Cn1nc(-c2ccccc2F)c(-c2ccccc2)c1N. The van der Waals surface area contributed by atoms with E-state index in [1.165, 1.54) is 6.07 Å². The Labute approximate surface area is 116 Å². The van der Waals surface area contributed by atoms with Crippen LogP contribution in [0.5, 0.6) is 0 Å². The third-order valence-electron chi connectivity index (χ3n) is 3.28. The van der Waals surface area contributed by atoms with Crippen molar-refractivity contribution in [1.82, 2.24) is 9.78 Å². The summed E-state index contributed by atoms with van der Waals surface area (Å²) in [6, 6.07) is 16.2. The molecule has 0 amide bonds. The Balaban J connectivity index is 2.28. The first-order valence-corrected chi connectivity index (χ1v) is 6.31. The predicted octanol–water partition coefficient (Wildman–Crippen LogP) is 3.48. The van der Waals surface area contributed by atoms with Crippen molar-refractivity contribution in [2.75, 3.05) is 5.73 Å². The quantitative estimate of drug-likeness (QED) is 0.772. The molecule has 2 N–H and O–H groups in total. The summed E-state index contributed by atoms with van der Waals surface area (Å²) >= 11 is 0. The molecule has 1 aromatic heterocycles. The van der Waals surface area contributed by atoms with Crippen molar-refractivity contribution in [2.24, 2.45) is 7.05 Å². The van der Waals surface area contributed by atoms with Gasteiger partial charge >= 0.3 is 0 Å². The van der Waals surface area contributed by atoms with Crippen LogP contribution in [0, 0.1) is 5.82 Å². The van der Waals surface area contributed by atoms with Gasteiger partial charge in [0, 0.05) is 12.6 Å². The summed E-state index contributed by atoms with van der Waals surface area (Å²) in [5.74, 6) is 0.220. The van der Waals surface area contributed by atoms with Crippen LogP contribution >= 0.6 is 0 Å². The number of hydrogen-bond donors (Lipinski definition) is 1. The molecular formula is C16H14FN3. The van der Waals surface area contributed by atoms with E-state index in [-0.39, 0.29) is 5.82 Å². The Morgan fingerprint density at radius 2 is 1.65 bits per heavy atom. The molecule has 0 spiro atoms. The van der Waals surface area contributed by atoms with Gasteiger partial charge in [0.05, 0.1) is 5.56 Å². The fraction of sp³-hybridized carbons (Fsp3) is 0.0625. The van der Waals surface area contributed by atoms with Crippen molar-refractivity contribution < 1.29 is 4.39 Å². The van der Waals surface area contributed by atoms with E-state index >= 15 is 0 Å². The number of nitrogen functional groups attached to an aromatic ring is 1.